The highest BCUT2D eigenvalue weighted by molar-refractivity contribution is 14.1. The number of aromatic carboxylic acids is 1. The summed E-state index contributed by atoms with van der Waals surface area (Å²) in [6.45, 7) is 0.256. The Morgan fingerprint density at radius 3 is 2.46 bits per heavy atom. The van der Waals surface area contributed by atoms with Gasteiger partial charge in [-0.2, -0.15) is 0 Å². The van der Waals surface area contributed by atoms with Crippen molar-refractivity contribution < 1.29 is 24.4 Å². The predicted molar refractivity (Wildman–Crippen MR) is 158 cm³/mol. The highest BCUT2D eigenvalue weighted by atomic mass is 127. The number of amides is 1. The van der Waals surface area contributed by atoms with Gasteiger partial charge in [0.05, 0.1) is 28.2 Å². The van der Waals surface area contributed by atoms with Crippen molar-refractivity contribution in [1.29, 1.82) is 0 Å². The Kier molecular flexibility index (Phi) is 8.49. The molecule has 0 atom stereocenters. The van der Waals surface area contributed by atoms with Crippen LogP contribution >= 0.6 is 56.9 Å². The Morgan fingerprint density at radius 1 is 1.16 bits per heavy atom. The number of ether oxygens (including phenoxy) is 1. The number of aliphatic imine (C=N–C) groups is 1. The van der Waals surface area contributed by atoms with Gasteiger partial charge in [0.25, 0.3) is 11.6 Å². The maximum Gasteiger partial charge on any atom is 0.335 e. The molecule has 0 aliphatic carbocycles. The summed E-state index contributed by atoms with van der Waals surface area (Å²) in [6, 6.07) is 16.2. The zero-order chi connectivity index (χ0) is 26.7. The molecule has 3 aromatic carbocycles. The minimum absolute atomic E-state index is 0.0252. The third-order valence-corrected chi connectivity index (χ3v) is 7.83. The van der Waals surface area contributed by atoms with Crippen LogP contribution < -0.4 is 4.74 Å². The number of nitro groups is 1. The number of halogens is 2. The Balaban J connectivity index is 1.51. The van der Waals surface area contributed by atoms with E-state index in [0.717, 1.165) is 18.3 Å². The lowest BCUT2D eigenvalue weighted by molar-refractivity contribution is -0.384. The summed E-state index contributed by atoms with van der Waals surface area (Å²) in [5.41, 5.74) is 2.21. The van der Waals surface area contributed by atoms with Gasteiger partial charge in [-0.25, -0.2) is 9.79 Å². The summed E-state index contributed by atoms with van der Waals surface area (Å²) in [5, 5.41) is 20.5. The quantitative estimate of drug-likeness (QED) is 0.130. The number of thioether (sulfide) groups is 1. The topological polar surface area (TPSA) is 122 Å². The Bertz CT molecular complexity index is 1450. The first kappa shape index (κ1) is 27.1. The van der Waals surface area contributed by atoms with Crippen molar-refractivity contribution in [3.63, 3.8) is 0 Å². The lowest BCUT2D eigenvalue weighted by atomic mass is 10.2. The highest BCUT2D eigenvalue weighted by Gasteiger charge is 2.30. The standard InChI is InChI=1S/C25H17I2N3O6S/c1-29-23(31)21(37-25(29)28-17-4-2-3-16(12-17)24(32)33)11-15-9-19(26)22(20(27)10-15)36-13-14-5-7-18(8-6-14)30(34)35/h2-12H,13H2,1H3,(H,32,33). The molecule has 0 saturated carbocycles. The largest absolute Gasteiger partial charge is 0.487 e. The van der Waals surface area contributed by atoms with Crippen LogP contribution in [0.15, 0.2) is 70.6 Å². The molecule has 12 heteroatoms. The summed E-state index contributed by atoms with van der Waals surface area (Å²) in [6.07, 6.45) is 1.78. The van der Waals surface area contributed by atoms with E-state index < -0.39 is 10.9 Å². The van der Waals surface area contributed by atoms with Crippen molar-refractivity contribution in [2.75, 3.05) is 7.05 Å². The van der Waals surface area contributed by atoms with Gasteiger partial charge in [-0.05, 0) is 117 Å². The molecule has 1 aliphatic rings. The number of likely N-dealkylation sites (N-methyl/N-ethyl adjacent to an activating group) is 1. The molecule has 37 heavy (non-hydrogen) atoms. The zero-order valence-electron chi connectivity index (χ0n) is 19.1. The molecule has 0 radical (unpaired) electrons. The number of non-ortho nitro benzene ring substituents is 1. The molecule has 4 rings (SSSR count). The number of rotatable bonds is 7. The van der Waals surface area contributed by atoms with Crippen molar-refractivity contribution >= 4 is 91.4 Å². The average Bonchev–Trinajstić information content (AvgIpc) is 3.11. The number of carbonyl (C=O) groups excluding carboxylic acids is 1. The molecule has 1 amide bonds. The van der Waals surface area contributed by atoms with E-state index in [1.165, 1.54) is 40.9 Å². The molecule has 0 bridgehead atoms. The van der Waals surface area contributed by atoms with Crippen LogP contribution in [0.2, 0.25) is 0 Å². The molecule has 0 unspecified atom stereocenters. The fourth-order valence-corrected chi connectivity index (χ4v) is 6.41. The van der Waals surface area contributed by atoms with E-state index in [4.69, 9.17) is 4.74 Å². The van der Waals surface area contributed by atoms with Crippen molar-refractivity contribution in [2.24, 2.45) is 4.99 Å². The summed E-state index contributed by atoms with van der Waals surface area (Å²) in [5.74, 6) is -0.568. The molecule has 1 fully saturated rings. The van der Waals surface area contributed by atoms with Crippen LogP contribution in [0.25, 0.3) is 6.08 Å². The van der Waals surface area contributed by atoms with Crippen LogP contribution in [0.3, 0.4) is 0 Å². The first-order valence-electron chi connectivity index (χ1n) is 10.6. The second-order valence-corrected chi connectivity index (χ2v) is 11.1. The van der Waals surface area contributed by atoms with Crippen LogP contribution in [-0.4, -0.2) is 39.0 Å². The van der Waals surface area contributed by atoms with Crippen molar-refractivity contribution in [3.05, 3.63) is 99.5 Å². The minimum Gasteiger partial charge on any atom is -0.487 e. The lowest BCUT2D eigenvalue weighted by Crippen LogP contribution is -2.23. The number of carbonyl (C=O) groups is 2. The smallest absolute Gasteiger partial charge is 0.335 e. The van der Waals surface area contributed by atoms with Crippen molar-refractivity contribution in [2.45, 2.75) is 6.61 Å². The second kappa shape index (κ2) is 11.6. The maximum absolute atomic E-state index is 12.8. The first-order valence-corrected chi connectivity index (χ1v) is 13.5. The van der Waals surface area contributed by atoms with Gasteiger partial charge in [0, 0.05) is 19.2 Å². The fraction of sp³-hybridized carbons (Fsp3) is 0.0800. The summed E-state index contributed by atoms with van der Waals surface area (Å²) in [4.78, 5) is 40.8. The number of nitrogens with zero attached hydrogens (tertiary/aromatic N) is 3. The van der Waals surface area contributed by atoms with Gasteiger partial charge in [0.2, 0.25) is 0 Å². The molecular weight excluding hydrogens is 724 g/mol. The fourth-order valence-electron chi connectivity index (χ4n) is 3.29. The van der Waals surface area contributed by atoms with Gasteiger partial charge in [0.1, 0.15) is 12.4 Å². The van der Waals surface area contributed by atoms with E-state index in [-0.39, 0.29) is 23.8 Å². The molecule has 3 aromatic rings. The Morgan fingerprint density at radius 2 is 1.84 bits per heavy atom. The molecule has 0 aromatic heterocycles. The number of carboxylic acid groups (broad SMARTS) is 1. The summed E-state index contributed by atoms with van der Waals surface area (Å²) in [7, 11) is 1.62. The van der Waals surface area contributed by atoms with E-state index in [1.807, 2.05) is 12.1 Å². The van der Waals surface area contributed by atoms with Crippen LogP contribution in [0.1, 0.15) is 21.5 Å². The van der Waals surface area contributed by atoms with Gasteiger partial charge >= 0.3 is 5.97 Å². The van der Waals surface area contributed by atoms with Crippen LogP contribution in [-0.2, 0) is 11.4 Å². The first-order chi connectivity index (χ1) is 17.6. The third kappa shape index (κ3) is 6.48. The number of benzene rings is 3. The van der Waals surface area contributed by atoms with Crippen molar-refractivity contribution in [1.82, 2.24) is 4.90 Å². The lowest BCUT2D eigenvalue weighted by Gasteiger charge is -2.12. The highest BCUT2D eigenvalue weighted by Crippen LogP contribution is 2.35. The van der Waals surface area contributed by atoms with Crippen molar-refractivity contribution in [3.8, 4) is 5.75 Å². The minimum atomic E-state index is -1.05. The Labute approximate surface area is 243 Å². The molecule has 1 saturated heterocycles. The summed E-state index contributed by atoms with van der Waals surface area (Å²) < 4.78 is 7.68. The summed E-state index contributed by atoms with van der Waals surface area (Å²) >= 11 is 5.55. The van der Waals surface area contributed by atoms with Gasteiger partial charge in [0.15, 0.2) is 5.17 Å². The molecule has 0 spiro atoms. The normalized spacial score (nSPS) is 15.4. The molecule has 1 aliphatic heterocycles. The predicted octanol–water partition coefficient (Wildman–Crippen LogP) is 6.32. The SMILES string of the molecule is CN1C(=O)C(=Cc2cc(I)c(OCc3ccc([N+](=O)[O-])cc3)c(I)c2)SC1=Nc1cccc(C(=O)O)c1. The van der Waals surface area contributed by atoms with Gasteiger partial charge in [-0.15, -0.1) is 0 Å². The molecule has 1 heterocycles. The number of carboxylic acids is 1. The molecule has 188 valence electrons. The molecule has 9 nitrogen and oxygen atoms in total. The number of amidine groups is 1. The number of hydrogen-bond donors (Lipinski definition) is 1. The van der Waals surface area contributed by atoms with Gasteiger partial charge < -0.3 is 9.84 Å². The average molecular weight is 741 g/mol. The Hall–Kier alpha value is -2.98. The van der Waals surface area contributed by atoms with Gasteiger partial charge in [-0.3, -0.25) is 19.8 Å². The van der Waals surface area contributed by atoms with Crippen LogP contribution in [0, 0.1) is 17.3 Å². The van der Waals surface area contributed by atoms with E-state index in [9.17, 15) is 24.8 Å². The van der Waals surface area contributed by atoms with Crippen LogP contribution in [0.5, 0.6) is 5.75 Å². The maximum atomic E-state index is 12.8. The van der Waals surface area contributed by atoms with Gasteiger partial charge in [-0.1, -0.05) is 6.07 Å². The van der Waals surface area contributed by atoms with E-state index in [0.29, 0.717) is 21.5 Å². The van der Waals surface area contributed by atoms with E-state index in [2.05, 4.69) is 50.2 Å². The van der Waals surface area contributed by atoms with E-state index >= 15 is 0 Å². The number of hydrogen-bond acceptors (Lipinski definition) is 7. The second-order valence-electron chi connectivity index (χ2n) is 7.75. The monoisotopic (exact) mass is 741 g/mol. The van der Waals surface area contributed by atoms with E-state index in [1.54, 1.807) is 37.4 Å². The molecule has 1 N–H and O–H groups in total. The third-order valence-electron chi connectivity index (χ3n) is 5.17. The molecular formula is C25H17I2N3O6S. The zero-order valence-corrected chi connectivity index (χ0v) is 24.2. The number of nitro benzene ring substituents is 1. The van der Waals surface area contributed by atoms with Crippen LogP contribution in [0.4, 0.5) is 11.4 Å².